The average molecular weight is 595 g/mol. The van der Waals surface area contributed by atoms with Crippen LogP contribution >= 0.6 is 11.3 Å². The molecule has 0 saturated heterocycles. The first-order valence-electron chi connectivity index (χ1n) is 14.3. The Bertz CT molecular complexity index is 1750. The number of nitrogens with zero attached hydrogens (tertiary/aromatic N) is 2. The number of oxime groups is 1. The maximum absolute atomic E-state index is 6.14. The molecule has 43 heavy (non-hydrogen) atoms. The van der Waals surface area contributed by atoms with E-state index in [4.69, 9.17) is 28.8 Å². The fraction of sp³-hybridized carbons (Fsp3) is 0.257. The second-order valence-corrected chi connectivity index (χ2v) is 11.5. The predicted octanol–water partition coefficient (Wildman–Crippen LogP) is 8.31. The zero-order valence-electron chi connectivity index (χ0n) is 24.8. The Labute approximate surface area is 255 Å². The molecule has 0 N–H and O–H groups in total. The summed E-state index contributed by atoms with van der Waals surface area (Å²) in [5.41, 5.74) is 7.24. The first kappa shape index (κ1) is 28.6. The predicted molar refractivity (Wildman–Crippen MR) is 171 cm³/mol. The molecular formula is C35H34N2O5S. The maximum Gasteiger partial charge on any atom is 0.161 e. The summed E-state index contributed by atoms with van der Waals surface area (Å²) in [5.74, 6) is 3.01. The molecule has 220 valence electrons. The topological polar surface area (TPSA) is 71.4 Å². The Balaban J connectivity index is 1.04. The quantitative estimate of drug-likeness (QED) is 0.143. The molecule has 0 fully saturated rings. The SMILES string of the molecule is COc1ccc(C2CC(c3cc(C)c(C)c(OC)c3)=NO2)cc1OCCCOc1cccc(-c2nc3ccccc3s2)c1. The lowest BCUT2D eigenvalue weighted by Gasteiger charge is -2.15. The molecule has 1 atom stereocenters. The van der Waals surface area contributed by atoms with E-state index in [-0.39, 0.29) is 6.10 Å². The van der Waals surface area contributed by atoms with E-state index < -0.39 is 0 Å². The summed E-state index contributed by atoms with van der Waals surface area (Å²) >= 11 is 1.68. The van der Waals surface area contributed by atoms with Gasteiger partial charge in [0.2, 0.25) is 0 Å². The van der Waals surface area contributed by atoms with Crippen molar-refractivity contribution < 1.29 is 23.8 Å². The van der Waals surface area contributed by atoms with Crippen LogP contribution in [0.25, 0.3) is 20.8 Å². The first-order valence-corrected chi connectivity index (χ1v) is 15.1. The largest absolute Gasteiger partial charge is 0.496 e. The molecule has 0 aliphatic carbocycles. The maximum atomic E-state index is 6.14. The highest BCUT2D eigenvalue weighted by Crippen LogP contribution is 2.37. The molecule has 0 saturated carbocycles. The van der Waals surface area contributed by atoms with Gasteiger partial charge in [0.1, 0.15) is 16.5 Å². The molecule has 1 aliphatic heterocycles. The number of ether oxygens (including phenoxy) is 4. The summed E-state index contributed by atoms with van der Waals surface area (Å²) in [6.07, 6.45) is 1.16. The van der Waals surface area contributed by atoms with Crippen LogP contribution in [-0.4, -0.2) is 38.1 Å². The van der Waals surface area contributed by atoms with Crippen molar-refractivity contribution in [3.05, 3.63) is 101 Å². The molecule has 0 bridgehead atoms. The molecule has 4 aromatic carbocycles. The minimum atomic E-state index is -0.207. The van der Waals surface area contributed by atoms with Crippen LogP contribution in [0.3, 0.4) is 0 Å². The number of hydrogen-bond donors (Lipinski definition) is 0. The van der Waals surface area contributed by atoms with Crippen molar-refractivity contribution in [2.75, 3.05) is 27.4 Å². The van der Waals surface area contributed by atoms with Crippen LogP contribution in [-0.2, 0) is 4.84 Å². The smallest absolute Gasteiger partial charge is 0.161 e. The van der Waals surface area contributed by atoms with Gasteiger partial charge in [0.15, 0.2) is 17.6 Å². The second-order valence-electron chi connectivity index (χ2n) is 10.4. The summed E-state index contributed by atoms with van der Waals surface area (Å²) in [7, 11) is 3.33. The Hall–Kier alpha value is -4.56. The van der Waals surface area contributed by atoms with E-state index in [1.807, 2.05) is 60.7 Å². The summed E-state index contributed by atoms with van der Waals surface area (Å²) in [6, 6.07) is 26.3. The Morgan fingerprint density at radius 2 is 1.65 bits per heavy atom. The summed E-state index contributed by atoms with van der Waals surface area (Å²) in [5, 5.41) is 5.39. The lowest BCUT2D eigenvalue weighted by Crippen LogP contribution is -2.07. The van der Waals surface area contributed by atoms with E-state index in [0.717, 1.165) is 55.6 Å². The highest BCUT2D eigenvalue weighted by atomic mass is 32.1. The van der Waals surface area contributed by atoms with Gasteiger partial charge in [-0.25, -0.2) is 4.98 Å². The van der Waals surface area contributed by atoms with Gasteiger partial charge in [0.05, 0.1) is 43.4 Å². The third kappa shape index (κ3) is 6.29. The zero-order valence-corrected chi connectivity index (χ0v) is 25.6. The van der Waals surface area contributed by atoms with E-state index in [9.17, 15) is 0 Å². The van der Waals surface area contributed by atoms with Crippen LogP contribution in [0, 0.1) is 13.8 Å². The number of hydrogen-bond acceptors (Lipinski definition) is 8. The van der Waals surface area contributed by atoms with Gasteiger partial charge in [-0.3, -0.25) is 0 Å². The van der Waals surface area contributed by atoms with Gasteiger partial charge in [0, 0.05) is 24.0 Å². The minimum Gasteiger partial charge on any atom is -0.496 e. The molecule has 6 rings (SSSR count). The minimum absolute atomic E-state index is 0.207. The van der Waals surface area contributed by atoms with Crippen molar-refractivity contribution in [3.8, 4) is 33.6 Å². The van der Waals surface area contributed by atoms with E-state index >= 15 is 0 Å². The number of benzene rings is 4. The van der Waals surface area contributed by atoms with Crippen molar-refractivity contribution in [2.45, 2.75) is 32.8 Å². The highest BCUT2D eigenvalue weighted by molar-refractivity contribution is 7.21. The molecule has 0 amide bonds. The number of thiazole rings is 1. The van der Waals surface area contributed by atoms with Crippen LogP contribution in [0.1, 0.15) is 41.2 Å². The monoisotopic (exact) mass is 594 g/mol. The lowest BCUT2D eigenvalue weighted by atomic mass is 9.97. The normalized spacial score (nSPS) is 14.3. The Kier molecular flexibility index (Phi) is 8.47. The van der Waals surface area contributed by atoms with E-state index in [1.165, 1.54) is 4.70 Å². The molecule has 1 aliphatic rings. The number of para-hydroxylation sites is 1. The Morgan fingerprint density at radius 1 is 0.814 bits per heavy atom. The van der Waals surface area contributed by atoms with Crippen molar-refractivity contribution in [1.29, 1.82) is 0 Å². The van der Waals surface area contributed by atoms with E-state index in [0.29, 0.717) is 37.6 Å². The third-order valence-electron chi connectivity index (χ3n) is 7.59. The molecule has 2 heterocycles. The van der Waals surface area contributed by atoms with Gasteiger partial charge in [-0.15, -0.1) is 11.3 Å². The van der Waals surface area contributed by atoms with Crippen LogP contribution in [0.15, 0.2) is 84.0 Å². The number of aromatic nitrogens is 1. The molecule has 0 spiro atoms. The van der Waals surface area contributed by atoms with Gasteiger partial charge in [0.25, 0.3) is 0 Å². The first-order chi connectivity index (χ1) is 21.0. The number of aryl methyl sites for hydroxylation is 1. The highest BCUT2D eigenvalue weighted by Gasteiger charge is 2.26. The van der Waals surface area contributed by atoms with Gasteiger partial charge in [-0.1, -0.05) is 35.5 Å². The van der Waals surface area contributed by atoms with Gasteiger partial charge < -0.3 is 23.8 Å². The van der Waals surface area contributed by atoms with Crippen LogP contribution < -0.4 is 18.9 Å². The van der Waals surface area contributed by atoms with Crippen molar-refractivity contribution >= 4 is 27.3 Å². The van der Waals surface area contributed by atoms with Gasteiger partial charge >= 0.3 is 0 Å². The lowest BCUT2D eigenvalue weighted by molar-refractivity contribution is 0.0854. The number of fused-ring (bicyclic) bond motifs is 1. The summed E-state index contributed by atoms with van der Waals surface area (Å²) < 4.78 is 24.5. The molecule has 7 nitrogen and oxygen atoms in total. The molecular weight excluding hydrogens is 560 g/mol. The van der Waals surface area contributed by atoms with Crippen molar-refractivity contribution in [1.82, 2.24) is 4.98 Å². The summed E-state index contributed by atoms with van der Waals surface area (Å²) in [6.45, 7) is 5.14. The van der Waals surface area contributed by atoms with E-state index in [1.54, 1.807) is 25.6 Å². The third-order valence-corrected chi connectivity index (χ3v) is 8.68. The van der Waals surface area contributed by atoms with Gasteiger partial charge in [-0.2, -0.15) is 0 Å². The number of rotatable bonds is 11. The fourth-order valence-corrected chi connectivity index (χ4v) is 6.05. The second kappa shape index (κ2) is 12.8. The zero-order chi connectivity index (χ0) is 29.8. The molecule has 1 aromatic heterocycles. The molecule has 8 heteroatoms. The average Bonchev–Trinajstić information content (AvgIpc) is 3.70. The van der Waals surface area contributed by atoms with Crippen molar-refractivity contribution in [2.24, 2.45) is 5.16 Å². The molecule has 5 aromatic rings. The van der Waals surface area contributed by atoms with Crippen LogP contribution in [0.5, 0.6) is 23.0 Å². The standard InChI is InChI=1S/C35H34N2O5S/c1-22-17-26(20-31(39-4)23(22)2)29-21-32(42-37-29)24-13-14-30(38-3)33(19-24)41-16-8-15-40-27-10-7-9-25(18-27)35-36-28-11-5-6-12-34(28)43-35/h5-7,9-14,17-20,32H,8,15-16,21H2,1-4H3. The van der Waals surface area contributed by atoms with Crippen molar-refractivity contribution in [3.63, 3.8) is 0 Å². The van der Waals surface area contributed by atoms with E-state index in [2.05, 4.69) is 37.2 Å². The van der Waals surface area contributed by atoms with Crippen LogP contribution in [0.4, 0.5) is 0 Å². The summed E-state index contributed by atoms with van der Waals surface area (Å²) in [4.78, 5) is 10.6. The van der Waals surface area contributed by atoms with Crippen LogP contribution in [0.2, 0.25) is 0 Å². The number of methoxy groups -OCH3 is 2. The fourth-order valence-electron chi connectivity index (χ4n) is 5.08. The Morgan fingerprint density at radius 3 is 2.49 bits per heavy atom. The van der Waals surface area contributed by atoms with Gasteiger partial charge in [-0.05, 0) is 79.1 Å². The molecule has 1 unspecified atom stereocenters. The molecule has 0 radical (unpaired) electrons.